The van der Waals surface area contributed by atoms with E-state index < -0.39 is 147 Å². The maximum Gasteiger partial charge on any atom is 0.364 e. The number of non-ortho nitro benzene ring substituents is 1. The smallest absolute Gasteiger partial charge is 0.364 e. The van der Waals surface area contributed by atoms with Gasteiger partial charge in [-0.2, -0.15) is 0 Å². The number of nitro groups is 1. The zero-order valence-corrected chi connectivity index (χ0v) is 29.2. The molecule has 0 aromatic heterocycles. The Hall–Kier alpha value is -3.73. The molecule has 0 aliphatic carbocycles. The van der Waals surface area contributed by atoms with Crippen molar-refractivity contribution in [2.75, 3.05) is 19.8 Å². The summed E-state index contributed by atoms with van der Waals surface area (Å²) in [7, 11) is 0. The minimum Gasteiger partial charge on any atom is -0.477 e. The number of hydrogen-bond donors (Lipinski definition) is 12. The third-order valence-electron chi connectivity index (χ3n) is 9.15. The van der Waals surface area contributed by atoms with Crippen molar-refractivity contribution in [3.63, 3.8) is 0 Å². The summed E-state index contributed by atoms with van der Waals surface area (Å²) in [5.74, 6) is -6.41. The van der Waals surface area contributed by atoms with Crippen molar-refractivity contribution in [3.05, 3.63) is 34.4 Å². The van der Waals surface area contributed by atoms with Gasteiger partial charge in [0.25, 0.3) is 11.5 Å². The Morgan fingerprint density at radius 1 is 0.909 bits per heavy atom. The molecule has 2 amide bonds. The number of benzene rings is 1. The Bertz CT molecular complexity index is 1490. The lowest BCUT2D eigenvalue weighted by atomic mass is 9.88. The Morgan fingerprint density at radius 3 is 2.05 bits per heavy atom. The Morgan fingerprint density at radius 2 is 1.51 bits per heavy atom. The number of carbonyl (C=O) groups excluding carboxylic acids is 2. The van der Waals surface area contributed by atoms with Crippen LogP contribution in [0, 0.1) is 10.1 Å². The Kier molecular flexibility index (Phi) is 14.8. The Balaban J connectivity index is 1.71. The first-order valence-corrected chi connectivity index (χ1v) is 16.8. The van der Waals surface area contributed by atoms with E-state index >= 15 is 0 Å². The molecule has 0 bridgehead atoms. The molecule has 0 saturated carbocycles. The molecule has 0 spiro atoms. The molecule has 3 aliphatic heterocycles. The number of aliphatic hydroxyl groups is 9. The number of rotatable bonds is 15. The van der Waals surface area contributed by atoms with Crippen molar-refractivity contribution in [1.29, 1.82) is 0 Å². The van der Waals surface area contributed by atoms with E-state index in [0.717, 1.165) is 38.1 Å². The number of amides is 2. The summed E-state index contributed by atoms with van der Waals surface area (Å²) < 4.78 is 34.3. The van der Waals surface area contributed by atoms with Crippen molar-refractivity contribution in [2.24, 2.45) is 0 Å². The summed E-state index contributed by atoms with van der Waals surface area (Å²) in [5.41, 5.74) is -0.329. The molecule has 3 heterocycles. The first kappa shape index (κ1) is 44.0. The van der Waals surface area contributed by atoms with Gasteiger partial charge >= 0.3 is 5.97 Å². The number of carboxylic acids is 1. The first-order valence-electron chi connectivity index (χ1n) is 16.8. The fourth-order valence-electron chi connectivity index (χ4n) is 6.31. The average molecular weight is 796 g/mol. The van der Waals surface area contributed by atoms with Crippen molar-refractivity contribution >= 4 is 23.5 Å². The van der Waals surface area contributed by atoms with E-state index in [1.54, 1.807) is 0 Å². The molecule has 16 atom stereocenters. The van der Waals surface area contributed by atoms with Crippen LogP contribution in [0.4, 0.5) is 5.69 Å². The zero-order chi connectivity index (χ0) is 40.9. The maximum atomic E-state index is 12.7. The molecule has 310 valence electrons. The topological polar surface area (TPSA) is 376 Å². The number of carbonyl (C=O) groups is 3. The predicted molar refractivity (Wildman–Crippen MR) is 173 cm³/mol. The van der Waals surface area contributed by atoms with Gasteiger partial charge in [0, 0.05) is 32.4 Å². The molecular formula is C31H45N3O21. The van der Waals surface area contributed by atoms with Crippen LogP contribution in [0.1, 0.15) is 20.3 Å². The fraction of sp³-hybridized carbons (Fsp3) is 0.710. The van der Waals surface area contributed by atoms with Crippen molar-refractivity contribution in [2.45, 2.75) is 118 Å². The second kappa shape index (κ2) is 18.5. The van der Waals surface area contributed by atoms with Crippen LogP contribution in [0.3, 0.4) is 0 Å². The number of hydrogen-bond acceptors (Lipinski definition) is 20. The largest absolute Gasteiger partial charge is 0.477 e. The van der Waals surface area contributed by atoms with E-state index in [0.29, 0.717) is 0 Å². The van der Waals surface area contributed by atoms with Gasteiger partial charge in [-0.1, -0.05) is 0 Å². The second-order valence-corrected chi connectivity index (χ2v) is 13.1. The molecule has 4 rings (SSSR count). The van der Waals surface area contributed by atoms with Crippen LogP contribution in [0.2, 0.25) is 0 Å². The van der Waals surface area contributed by atoms with Gasteiger partial charge in [-0.15, -0.1) is 0 Å². The second-order valence-electron chi connectivity index (χ2n) is 13.1. The van der Waals surface area contributed by atoms with Gasteiger partial charge in [0.15, 0.2) is 6.29 Å². The molecule has 3 aliphatic rings. The van der Waals surface area contributed by atoms with Crippen LogP contribution in [0.15, 0.2) is 24.3 Å². The standard InChI is InChI=1S/C31H45N3O21/c1-11(37)32-19-15(39)7-31(30(46)47,55-27(19)21(41)16(40)8-35)50-10-18-23(43)26(54-29-25(45)24(44)22(42)17(9-36)52-29)20(33-12(2)38)28(53-18)51-14-5-3-13(4-6-14)34(48)49/h3-6,15-29,35-36,39-45H,7-10H2,1-2H3,(H,32,37)(H,33,38)(H,46,47)/t15-,16-,17?,18?,19-,20+,21-,22+,23+,24?,25+,26?,27?,28+,29+,31-/m1/s1. The average Bonchev–Trinajstić information content (AvgIpc) is 3.13. The van der Waals surface area contributed by atoms with E-state index in [4.69, 9.17) is 28.4 Å². The van der Waals surface area contributed by atoms with Gasteiger partial charge in [-0.25, -0.2) is 4.79 Å². The van der Waals surface area contributed by atoms with Gasteiger partial charge in [0.1, 0.15) is 72.8 Å². The minimum absolute atomic E-state index is 0.0994. The van der Waals surface area contributed by atoms with Crippen LogP contribution >= 0.6 is 0 Å². The van der Waals surface area contributed by atoms with E-state index in [-0.39, 0.29) is 11.4 Å². The molecule has 24 heteroatoms. The number of carboxylic acid groups (broad SMARTS) is 1. The molecule has 3 saturated heterocycles. The minimum atomic E-state index is -2.91. The summed E-state index contributed by atoms with van der Waals surface area (Å²) in [4.78, 5) is 47.6. The van der Waals surface area contributed by atoms with Gasteiger partial charge in [0.05, 0.1) is 36.9 Å². The van der Waals surface area contributed by atoms with Gasteiger partial charge in [-0.05, 0) is 12.1 Å². The normalized spacial score (nSPS) is 37.6. The number of nitrogens with zero attached hydrogens (tertiary/aromatic N) is 1. The number of nitrogens with one attached hydrogen (secondary N) is 2. The molecule has 1 aromatic rings. The van der Waals surface area contributed by atoms with Crippen LogP contribution in [-0.4, -0.2) is 191 Å². The maximum absolute atomic E-state index is 12.7. The fourth-order valence-corrected chi connectivity index (χ4v) is 6.31. The molecule has 5 unspecified atom stereocenters. The third-order valence-corrected chi connectivity index (χ3v) is 9.15. The van der Waals surface area contributed by atoms with E-state index in [1.807, 2.05) is 0 Å². The summed E-state index contributed by atoms with van der Waals surface area (Å²) in [6.07, 6.45) is -25.2. The summed E-state index contributed by atoms with van der Waals surface area (Å²) in [6, 6.07) is 1.35. The SMILES string of the molecule is CC(=O)N[C@H]1C(O[C@@H]2OC(CO)[C@H](O)C(O)[C@@H]2O)[C@@H](O)C(CO[C@]2(C(=O)O)C[C@@H](O)[C@@H](NC(C)=O)C([C@H](O)[C@H](O)CO)O2)O[C@@H]1Oc1ccc([N+](=O)[O-])cc1. The molecule has 55 heavy (non-hydrogen) atoms. The summed E-state index contributed by atoms with van der Waals surface area (Å²) >= 11 is 0. The lowest BCUT2D eigenvalue weighted by Gasteiger charge is -2.49. The number of ether oxygens (including phenoxy) is 6. The van der Waals surface area contributed by atoms with Crippen molar-refractivity contribution in [3.8, 4) is 5.75 Å². The van der Waals surface area contributed by atoms with Crippen LogP contribution in [0.5, 0.6) is 5.75 Å². The monoisotopic (exact) mass is 795 g/mol. The van der Waals surface area contributed by atoms with Gasteiger partial charge in [0.2, 0.25) is 18.1 Å². The first-order chi connectivity index (χ1) is 25.8. The number of aliphatic hydroxyl groups excluding tert-OH is 9. The van der Waals surface area contributed by atoms with E-state index in [9.17, 15) is 75.6 Å². The summed E-state index contributed by atoms with van der Waals surface area (Å²) in [6.45, 7) is -0.811. The van der Waals surface area contributed by atoms with Gasteiger partial charge < -0.3 is 90.1 Å². The molecule has 24 nitrogen and oxygen atoms in total. The lowest BCUT2D eigenvalue weighted by molar-refractivity contribution is -0.384. The summed E-state index contributed by atoms with van der Waals surface area (Å²) in [5, 5.41) is 120. The van der Waals surface area contributed by atoms with Gasteiger partial charge in [-0.3, -0.25) is 19.7 Å². The number of aliphatic carboxylic acids is 1. The van der Waals surface area contributed by atoms with E-state index in [2.05, 4.69) is 10.6 Å². The highest BCUT2D eigenvalue weighted by molar-refractivity contribution is 5.76. The molecule has 1 aromatic carbocycles. The van der Waals surface area contributed by atoms with E-state index in [1.165, 1.54) is 0 Å². The number of nitro benzene ring substituents is 1. The molecular weight excluding hydrogens is 750 g/mol. The highest BCUT2D eigenvalue weighted by Gasteiger charge is 2.58. The van der Waals surface area contributed by atoms with Crippen molar-refractivity contribution < 1.29 is 98.8 Å². The highest BCUT2D eigenvalue weighted by atomic mass is 16.8. The predicted octanol–water partition coefficient (Wildman–Crippen LogP) is -6.08. The third kappa shape index (κ3) is 9.99. The van der Waals surface area contributed by atoms with Crippen molar-refractivity contribution in [1.82, 2.24) is 10.6 Å². The molecule has 0 radical (unpaired) electrons. The van der Waals surface area contributed by atoms with Crippen LogP contribution in [-0.2, 0) is 38.1 Å². The lowest BCUT2D eigenvalue weighted by Crippen LogP contribution is -2.70. The Labute approximate surface area is 310 Å². The van der Waals surface area contributed by atoms with Crippen LogP contribution in [0.25, 0.3) is 0 Å². The molecule has 3 fully saturated rings. The highest BCUT2D eigenvalue weighted by Crippen LogP contribution is 2.36. The van der Waals surface area contributed by atoms with Crippen LogP contribution < -0.4 is 15.4 Å². The zero-order valence-electron chi connectivity index (χ0n) is 29.2. The quantitative estimate of drug-likeness (QED) is 0.0580. The molecule has 12 N–H and O–H groups in total.